The minimum atomic E-state index is -0.335. The van der Waals surface area contributed by atoms with Crippen LogP contribution in [0, 0.1) is 6.92 Å². The first kappa shape index (κ1) is 17.4. The third-order valence-corrected chi connectivity index (χ3v) is 4.40. The van der Waals surface area contributed by atoms with Gasteiger partial charge in [-0.25, -0.2) is 0 Å². The zero-order valence-corrected chi connectivity index (χ0v) is 14.8. The smallest absolute Gasteiger partial charge is 0.252 e. The van der Waals surface area contributed by atoms with E-state index in [9.17, 15) is 4.79 Å². The third kappa shape index (κ3) is 3.99. The van der Waals surface area contributed by atoms with E-state index in [1.165, 1.54) is 0 Å². The fourth-order valence-electron chi connectivity index (χ4n) is 3.05. The van der Waals surface area contributed by atoms with Crippen LogP contribution in [0.4, 0.5) is 0 Å². The van der Waals surface area contributed by atoms with E-state index in [4.69, 9.17) is 14.0 Å². The molecule has 0 spiro atoms. The fraction of sp³-hybridized carbons (Fsp3) is 0.500. The zero-order chi connectivity index (χ0) is 17.8. The van der Waals surface area contributed by atoms with Crippen molar-refractivity contribution in [3.05, 3.63) is 41.5 Å². The van der Waals surface area contributed by atoms with E-state index in [2.05, 4.69) is 10.1 Å². The lowest BCUT2D eigenvalue weighted by Gasteiger charge is -2.37. The molecule has 1 fully saturated rings. The normalized spacial score (nSPS) is 20.5. The van der Waals surface area contributed by atoms with Crippen LogP contribution in [0.3, 0.4) is 0 Å². The summed E-state index contributed by atoms with van der Waals surface area (Å²) in [6.45, 7) is 4.72. The van der Waals surface area contributed by atoms with Crippen LogP contribution in [0.2, 0.25) is 0 Å². The molecule has 0 bridgehead atoms. The highest BCUT2D eigenvalue weighted by molar-refractivity contribution is 5.77. The average molecular weight is 345 g/mol. The largest absolute Gasteiger partial charge is 0.497 e. The first-order valence-electron chi connectivity index (χ1n) is 8.42. The Kier molecular flexibility index (Phi) is 5.33. The van der Waals surface area contributed by atoms with Crippen LogP contribution in [0.15, 0.2) is 28.8 Å². The second-order valence-corrected chi connectivity index (χ2v) is 6.14. The van der Waals surface area contributed by atoms with E-state index in [1.54, 1.807) is 18.9 Å². The van der Waals surface area contributed by atoms with E-state index in [-0.39, 0.29) is 18.1 Å². The Morgan fingerprint density at radius 3 is 2.76 bits per heavy atom. The highest BCUT2D eigenvalue weighted by Crippen LogP contribution is 2.29. The van der Waals surface area contributed by atoms with Gasteiger partial charge in [0.2, 0.25) is 5.91 Å². The number of ether oxygens (including phenoxy) is 2. The van der Waals surface area contributed by atoms with Crippen LogP contribution in [0.5, 0.6) is 5.75 Å². The van der Waals surface area contributed by atoms with Crippen LogP contribution in [-0.4, -0.2) is 47.3 Å². The number of hydrogen-bond acceptors (Lipinski definition) is 6. The van der Waals surface area contributed by atoms with Crippen molar-refractivity contribution < 1.29 is 18.8 Å². The maximum atomic E-state index is 12.8. The average Bonchev–Trinajstić information content (AvgIpc) is 3.05. The highest BCUT2D eigenvalue weighted by Gasteiger charge is 2.37. The maximum Gasteiger partial charge on any atom is 0.252 e. The number of aryl methyl sites for hydroxylation is 2. The molecule has 0 aliphatic carbocycles. The van der Waals surface area contributed by atoms with Crippen molar-refractivity contribution in [2.45, 2.75) is 38.8 Å². The van der Waals surface area contributed by atoms with Crippen molar-refractivity contribution in [1.29, 1.82) is 0 Å². The summed E-state index contributed by atoms with van der Waals surface area (Å²) in [5.74, 6) is 1.86. The van der Waals surface area contributed by atoms with Crippen molar-refractivity contribution in [3.8, 4) is 5.75 Å². The van der Waals surface area contributed by atoms with Crippen molar-refractivity contribution in [2.24, 2.45) is 0 Å². The highest BCUT2D eigenvalue weighted by atomic mass is 16.5. The van der Waals surface area contributed by atoms with Gasteiger partial charge in [0, 0.05) is 13.0 Å². The number of methoxy groups -OCH3 is 1. The van der Waals surface area contributed by atoms with Crippen molar-refractivity contribution in [3.63, 3.8) is 0 Å². The Labute approximate surface area is 146 Å². The number of rotatable bonds is 5. The van der Waals surface area contributed by atoms with Crippen LogP contribution < -0.4 is 4.74 Å². The standard InChI is InChI=1S/C18H23N3O4/c1-12-17(18-19-13(2)20-25-18)21(10-11-24-12)16(22)9-6-14-4-7-15(23-3)8-5-14/h4-5,7-8,12,17H,6,9-11H2,1-3H3/t12-,17+/m1/s1. The minimum absolute atomic E-state index is 0.0619. The van der Waals surface area contributed by atoms with Gasteiger partial charge in [0.15, 0.2) is 5.82 Å². The van der Waals surface area contributed by atoms with Gasteiger partial charge in [-0.3, -0.25) is 4.79 Å². The van der Waals surface area contributed by atoms with E-state index in [0.717, 1.165) is 11.3 Å². The molecule has 0 saturated carbocycles. The number of nitrogens with zero attached hydrogens (tertiary/aromatic N) is 3. The number of amides is 1. The fourth-order valence-corrected chi connectivity index (χ4v) is 3.05. The molecule has 1 amide bonds. The number of benzene rings is 1. The van der Waals surface area contributed by atoms with E-state index in [1.807, 2.05) is 31.2 Å². The molecular weight excluding hydrogens is 322 g/mol. The number of carbonyl (C=O) groups is 1. The van der Waals surface area contributed by atoms with Crippen molar-refractivity contribution in [1.82, 2.24) is 15.0 Å². The molecule has 1 aromatic carbocycles. The topological polar surface area (TPSA) is 77.7 Å². The van der Waals surface area contributed by atoms with E-state index in [0.29, 0.717) is 37.7 Å². The molecule has 7 heteroatoms. The number of aromatic nitrogens is 2. The Morgan fingerprint density at radius 2 is 2.12 bits per heavy atom. The molecule has 0 radical (unpaired) electrons. The monoisotopic (exact) mass is 345 g/mol. The van der Waals surface area contributed by atoms with Crippen LogP contribution in [0.25, 0.3) is 0 Å². The Hall–Kier alpha value is -2.41. The third-order valence-electron chi connectivity index (χ3n) is 4.40. The molecule has 1 aromatic heterocycles. The summed E-state index contributed by atoms with van der Waals surface area (Å²) < 4.78 is 16.1. The van der Waals surface area contributed by atoms with E-state index >= 15 is 0 Å². The Morgan fingerprint density at radius 1 is 1.36 bits per heavy atom. The van der Waals surface area contributed by atoms with Gasteiger partial charge in [0.05, 0.1) is 19.8 Å². The van der Waals surface area contributed by atoms with E-state index < -0.39 is 0 Å². The lowest BCUT2D eigenvalue weighted by Crippen LogP contribution is -2.47. The predicted molar refractivity (Wildman–Crippen MR) is 90.2 cm³/mol. The summed E-state index contributed by atoms with van der Waals surface area (Å²) in [4.78, 5) is 18.9. The first-order valence-corrected chi connectivity index (χ1v) is 8.42. The lowest BCUT2D eigenvalue weighted by molar-refractivity contribution is -0.147. The molecule has 134 valence electrons. The molecular formula is C18H23N3O4. The number of hydrogen-bond donors (Lipinski definition) is 0. The SMILES string of the molecule is COc1ccc(CCC(=O)N2CCO[C@H](C)[C@H]2c2nc(C)no2)cc1. The lowest BCUT2D eigenvalue weighted by atomic mass is 10.1. The van der Waals surface area contributed by atoms with Gasteiger partial charge in [0.1, 0.15) is 11.8 Å². The Balaban J connectivity index is 1.67. The number of carbonyl (C=O) groups excluding carboxylic acids is 1. The quantitative estimate of drug-likeness (QED) is 0.827. The molecule has 1 saturated heterocycles. The molecule has 3 rings (SSSR count). The summed E-state index contributed by atoms with van der Waals surface area (Å²) >= 11 is 0. The second kappa shape index (κ2) is 7.65. The zero-order valence-electron chi connectivity index (χ0n) is 14.8. The van der Waals surface area contributed by atoms with Gasteiger partial charge in [0.25, 0.3) is 5.89 Å². The molecule has 1 aliphatic heterocycles. The van der Waals surface area contributed by atoms with Gasteiger partial charge in [-0.1, -0.05) is 17.3 Å². The molecule has 2 aromatic rings. The number of morpholine rings is 1. The Bertz CT molecular complexity index is 713. The van der Waals surface area contributed by atoms with Crippen molar-refractivity contribution in [2.75, 3.05) is 20.3 Å². The van der Waals surface area contributed by atoms with Gasteiger partial charge in [-0.2, -0.15) is 4.98 Å². The van der Waals surface area contributed by atoms with Gasteiger partial charge in [-0.15, -0.1) is 0 Å². The van der Waals surface area contributed by atoms with Gasteiger partial charge < -0.3 is 18.9 Å². The summed E-state index contributed by atoms with van der Waals surface area (Å²) in [6.07, 6.45) is 0.908. The molecule has 0 N–H and O–H groups in total. The van der Waals surface area contributed by atoms with Crippen molar-refractivity contribution >= 4 is 5.91 Å². The molecule has 0 unspecified atom stereocenters. The summed E-state index contributed by atoms with van der Waals surface area (Å²) in [5, 5.41) is 3.84. The summed E-state index contributed by atoms with van der Waals surface area (Å²) in [6, 6.07) is 7.43. The molecule has 1 aliphatic rings. The van der Waals surface area contributed by atoms with Crippen LogP contribution in [-0.2, 0) is 16.0 Å². The minimum Gasteiger partial charge on any atom is -0.497 e. The predicted octanol–water partition coefficient (Wildman–Crippen LogP) is 2.31. The van der Waals surface area contributed by atoms with Crippen LogP contribution in [0.1, 0.15) is 36.7 Å². The second-order valence-electron chi connectivity index (χ2n) is 6.14. The van der Waals surface area contributed by atoms with Crippen LogP contribution >= 0.6 is 0 Å². The molecule has 2 heterocycles. The summed E-state index contributed by atoms with van der Waals surface area (Å²) in [5.41, 5.74) is 1.10. The van der Waals surface area contributed by atoms with Gasteiger partial charge >= 0.3 is 0 Å². The van der Waals surface area contributed by atoms with Gasteiger partial charge in [-0.05, 0) is 38.0 Å². The molecule has 25 heavy (non-hydrogen) atoms. The summed E-state index contributed by atoms with van der Waals surface area (Å²) in [7, 11) is 1.64. The first-order chi connectivity index (χ1) is 12.1. The molecule has 7 nitrogen and oxygen atoms in total. The molecule has 2 atom stereocenters. The maximum absolute atomic E-state index is 12.8.